The Morgan fingerprint density at radius 2 is 2.78 bits per heavy atom. The van der Waals surface area contributed by atoms with Crippen LogP contribution in [0.3, 0.4) is 0 Å². The van der Waals surface area contributed by atoms with E-state index in [0.29, 0.717) is 6.61 Å². The van der Waals surface area contributed by atoms with E-state index in [1.807, 2.05) is 0 Å². The molecule has 0 atom stereocenters. The molecule has 1 aliphatic heterocycles. The number of allylic oxidation sites excluding steroid dienone is 1. The van der Waals surface area contributed by atoms with E-state index in [-0.39, 0.29) is 0 Å². The van der Waals surface area contributed by atoms with Gasteiger partial charge in [-0.05, 0) is 0 Å². The largest absolute Gasteiger partial charge is 0.474 e. The van der Waals surface area contributed by atoms with Gasteiger partial charge in [-0.2, -0.15) is 5.43 Å². The zero-order chi connectivity index (χ0) is 6.53. The molecule has 2 N–H and O–H groups in total. The smallest absolute Gasteiger partial charge is 0.199 e. The van der Waals surface area contributed by atoms with E-state index in [2.05, 4.69) is 11.0 Å². The number of quaternary nitrogens is 1. The van der Waals surface area contributed by atoms with Crippen molar-refractivity contribution in [3.63, 3.8) is 0 Å². The Labute approximate surface area is 53.4 Å². The molecule has 0 saturated heterocycles. The Bertz CT molecular complexity index is 188. The Morgan fingerprint density at radius 3 is 3.33 bits per heavy atom. The van der Waals surface area contributed by atoms with E-state index in [1.165, 1.54) is 0 Å². The van der Waals surface area contributed by atoms with Crippen LogP contribution < -0.4 is 5.43 Å². The van der Waals surface area contributed by atoms with Crippen LogP contribution in [-0.2, 0) is 4.74 Å². The summed E-state index contributed by atoms with van der Waals surface area (Å²) in [5.74, 6) is 3.09. The molecule has 1 heterocycles. The van der Waals surface area contributed by atoms with Crippen LogP contribution in [0.2, 0.25) is 0 Å². The van der Waals surface area contributed by atoms with Gasteiger partial charge >= 0.3 is 0 Å². The second-order valence-electron chi connectivity index (χ2n) is 1.49. The molecule has 0 spiro atoms. The van der Waals surface area contributed by atoms with Crippen LogP contribution in [0.25, 0.3) is 0 Å². The SMILES string of the molecule is C#CCOC1=C[NH2+]N=C1. The summed E-state index contributed by atoms with van der Waals surface area (Å²) in [6.45, 7) is 0.311. The lowest BCUT2D eigenvalue weighted by Crippen LogP contribution is -2.69. The first-order chi connectivity index (χ1) is 4.43. The van der Waals surface area contributed by atoms with E-state index in [0.717, 1.165) is 5.76 Å². The van der Waals surface area contributed by atoms with E-state index in [4.69, 9.17) is 11.2 Å². The first-order valence-electron chi connectivity index (χ1n) is 2.56. The van der Waals surface area contributed by atoms with Crippen molar-refractivity contribution in [1.82, 2.24) is 0 Å². The fourth-order valence-corrected chi connectivity index (χ4v) is 0.486. The van der Waals surface area contributed by atoms with Crippen LogP contribution in [-0.4, -0.2) is 12.8 Å². The molecule has 9 heavy (non-hydrogen) atoms. The summed E-state index contributed by atoms with van der Waals surface area (Å²) < 4.78 is 5.00. The van der Waals surface area contributed by atoms with Gasteiger partial charge in [0.15, 0.2) is 12.0 Å². The van der Waals surface area contributed by atoms with Crippen LogP contribution in [0, 0.1) is 12.3 Å². The van der Waals surface area contributed by atoms with Crippen molar-refractivity contribution >= 4 is 6.21 Å². The topological polar surface area (TPSA) is 38.2 Å². The minimum absolute atomic E-state index is 0.311. The summed E-state index contributed by atoms with van der Waals surface area (Å²) in [5.41, 5.74) is 1.66. The molecular formula is C6H7N2O+. The average Bonchev–Trinajstić information content (AvgIpc) is 2.34. The maximum atomic E-state index is 5.00. The van der Waals surface area contributed by atoms with E-state index in [1.54, 1.807) is 17.8 Å². The van der Waals surface area contributed by atoms with Crippen molar-refractivity contribution < 1.29 is 10.2 Å². The third kappa shape index (κ3) is 1.59. The number of hydrogen-bond donors (Lipinski definition) is 1. The second-order valence-corrected chi connectivity index (χ2v) is 1.49. The predicted molar refractivity (Wildman–Crippen MR) is 33.3 cm³/mol. The van der Waals surface area contributed by atoms with Crippen molar-refractivity contribution in [2.45, 2.75) is 0 Å². The van der Waals surface area contributed by atoms with Gasteiger partial charge in [0.1, 0.15) is 12.8 Å². The minimum Gasteiger partial charge on any atom is -0.474 e. The number of nitrogens with zero attached hydrogens (tertiary/aromatic N) is 1. The fourth-order valence-electron chi connectivity index (χ4n) is 0.486. The summed E-state index contributed by atoms with van der Waals surface area (Å²) in [5, 5.41) is 3.78. The lowest BCUT2D eigenvalue weighted by Gasteiger charge is -1.92. The highest BCUT2D eigenvalue weighted by molar-refractivity contribution is 5.75. The molecule has 0 bridgehead atoms. The third-order valence-electron chi connectivity index (χ3n) is 0.849. The fraction of sp³-hybridized carbons (Fsp3) is 0.167. The summed E-state index contributed by atoms with van der Waals surface area (Å²) in [4.78, 5) is 0. The van der Waals surface area contributed by atoms with Crippen molar-refractivity contribution in [1.29, 1.82) is 0 Å². The molecule has 0 aromatic carbocycles. The number of hydrogen-bond acceptors (Lipinski definition) is 2. The van der Waals surface area contributed by atoms with Crippen molar-refractivity contribution in [3.8, 4) is 12.3 Å². The molecule has 0 amide bonds. The maximum Gasteiger partial charge on any atom is 0.199 e. The van der Waals surface area contributed by atoms with Gasteiger partial charge in [0.05, 0.1) is 0 Å². The Balaban J connectivity index is 2.29. The normalized spacial score (nSPS) is 14.8. The molecule has 0 radical (unpaired) electrons. The van der Waals surface area contributed by atoms with Crippen molar-refractivity contribution in [2.24, 2.45) is 5.10 Å². The summed E-state index contributed by atoms with van der Waals surface area (Å²) in [7, 11) is 0. The molecule has 0 fully saturated rings. The minimum atomic E-state index is 0.311. The molecule has 3 heteroatoms. The number of terminal acetylenes is 1. The van der Waals surface area contributed by atoms with E-state index >= 15 is 0 Å². The van der Waals surface area contributed by atoms with Crippen molar-refractivity contribution in [2.75, 3.05) is 6.61 Å². The van der Waals surface area contributed by atoms with Gasteiger partial charge in [0.2, 0.25) is 0 Å². The lowest BCUT2D eigenvalue weighted by molar-refractivity contribution is -0.590. The van der Waals surface area contributed by atoms with Gasteiger partial charge in [0, 0.05) is 0 Å². The Kier molecular flexibility index (Phi) is 1.89. The second kappa shape index (κ2) is 2.90. The van der Waals surface area contributed by atoms with Crippen LogP contribution in [0.15, 0.2) is 17.1 Å². The Hall–Kier alpha value is -1.27. The van der Waals surface area contributed by atoms with Crippen LogP contribution in [0.1, 0.15) is 0 Å². The molecule has 46 valence electrons. The Morgan fingerprint density at radius 1 is 1.89 bits per heavy atom. The first kappa shape index (κ1) is 5.86. The van der Waals surface area contributed by atoms with Crippen LogP contribution >= 0.6 is 0 Å². The molecule has 0 aromatic heterocycles. The van der Waals surface area contributed by atoms with E-state index < -0.39 is 0 Å². The number of nitrogens with two attached hydrogens (primary N) is 1. The molecule has 1 aliphatic rings. The van der Waals surface area contributed by atoms with Crippen molar-refractivity contribution in [3.05, 3.63) is 12.0 Å². The predicted octanol–water partition coefficient (Wildman–Crippen LogP) is -0.960. The highest BCUT2D eigenvalue weighted by atomic mass is 16.5. The average molecular weight is 123 g/mol. The van der Waals surface area contributed by atoms with Gasteiger partial charge in [-0.1, -0.05) is 11.0 Å². The molecule has 0 aromatic rings. The molecular weight excluding hydrogens is 116 g/mol. The third-order valence-corrected chi connectivity index (χ3v) is 0.849. The summed E-state index contributed by atoms with van der Waals surface area (Å²) in [6.07, 6.45) is 8.33. The number of ether oxygens (including phenoxy) is 1. The summed E-state index contributed by atoms with van der Waals surface area (Å²) >= 11 is 0. The molecule has 3 nitrogen and oxygen atoms in total. The van der Waals surface area contributed by atoms with Gasteiger partial charge < -0.3 is 4.74 Å². The lowest BCUT2D eigenvalue weighted by atomic mass is 10.6. The quantitative estimate of drug-likeness (QED) is 0.373. The van der Waals surface area contributed by atoms with E-state index in [9.17, 15) is 0 Å². The molecule has 0 unspecified atom stereocenters. The zero-order valence-electron chi connectivity index (χ0n) is 4.87. The van der Waals surface area contributed by atoms with Gasteiger partial charge in [-0.25, -0.2) is 0 Å². The molecule has 0 saturated carbocycles. The zero-order valence-corrected chi connectivity index (χ0v) is 4.87. The maximum absolute atomic E-state index is 5.00. The standard InChI is InChI=1S/C6H6N2O/c1-2-3-9-6-4-7-8-5-6/h1,4-5H,3H2,(H,7,8)/p+1. The highest BCUT2D eigenvalue weighted by Gasteiger charge is 2.00. The van der Waals surface area contributed by atoms with Gasteiger partial charge in [-0.3, -0.25) is 0 Å². The first-order valence-corrected chi connectivity index (χ1v) is 2.56. The van der Waals surface area contributed by atoms with Crippen LogP contribution in [0.5, 0.6) is 0 Å². The number of rotatable bonds is 2. The van der Waals surface area contributed by atoms with Crippen LogP contribution in [0.4, 0.5) is 0 Å². The monoisotopic (exact) mass is 123 g/mol. The molecule has 1 rings (SSSR count). The van der Waals surface area contributed by atoms with Gasteiger partial charge in [-0.15, -0.1) is 6.42 Å². The van der Waals surface area contributed by atoms with Gasteiger partial charge in [0.25, 0.3) is 0 Å². The summed E-state index contributed by atoms with van der Waals surface area (Å²) in [6, 6.07) is 0. The molecule has 0 aliphatic carbocycles. The highest BCUT2D eigenvalue weighted by Crippen LogP contribution is 1.90.